The van der Waals surface area contributed by atoms with Gasteiger partial charge in [0, 0.05) is 18.8 Å². The Morgan fingerprint density at radius 2 is 2.05 bits per heavy atom. The van der Waals surface area contributed by atoms with Gasteiger partial charge in [0.25, 0.3) is 5.91 Å². The van der Waals surface area contributed by atoms with Gasteiger partial charge in [-0.15, -0.1) is 24.8 Å². The van der Waals surface area contributed by atoms with Gasteiger partial charge in [-0.1, -0.05) is 19.8 Å². The number of hydrogen-bond acceptors (Lipinski definition) is 4. The van der Waals surface area contributed by atoms with Crippen LogP contribution >= 0.6 is 24.8 Å². The summed E-state index contributed by atoms with van der Waals surface area (Å²) in [6.07, 6.45) is 6.12. The molecule has 0 aromatic carbocycles. The summed E-state index contributed by atoms with van der Waals surface area (Å²) in [5.41, 5.74) is 6.75. The van der Waals surface area contributed by atoms with Crippen LogP contribution in [0.15, 0.2) is 12.4 Å². The Labute approximate surface area is 126 Å². The van der Waals surface area contributed by atoms with E-state index < -0.39 is 0 Å². The Bertz CT molecular complexity index is 359. The number of carbonyl (C=O) groups is 1. The molecule has 0 saturated heterocycles. The molecule has 0 fully saturated rings. The van der Waals surface area contributed by atoms with E-state index in [-0.39, 0.29) is 36.8 Å². The summed E-state index contributed by atoms with van der Waals surface area (Å²) < 4.78 is 0. The molecule has 110 valence electrons. The number of carbonyl (C=O) groups excluding carboxylic acids is 1. The van der Waals surface area contributed by atoms with E-state index in [9.17, 15) is 4.79 Å². The van der Waals surface area contributed by atoms with Crippen molar-refractivity contribution in [3.8, 4) is 0 Å². The van der Waals surface area contributed by atoms with Gasteiger partial charge in [0.15, 0.2) is 0 Å². The summed E-state index contributed by atoms with van der Waals surface area (Å²) in [7, 11) is 0. The Hall–Kier alpha value is -0.910. The fourth-order valence-electron chi connectivity index (χ4n) is 1.47. The van der Waals surface area contributed by atoms with Gasteiger partial charge in [0.1, 0.15) is 5.69 Å². The number of nitrogens with one attached hydrogen (secondary N) is 1. The molecule has 1 amide bonds. The molecule has 0 aliphatic carbocycles. The van der Waals surface area contributed by atoms with Crippen LogP contribution < -0.4 is 11.1 Å². The first-order valence-corrected chi connectivity index (χ1v) is 5.97. The number of aromatic nitrogens is 2. The third-order valence-corrected chi connectivity index (χ3v) is 2.54. The zero-order valence-corrected chi connectivity index (χ0v) is 12.9. The van der Waals surface area contributed by atoms with Gasteiger partial charge in [-0.05, 0) is 13.3 Å². The molecule has 0 saturated carbocycles. The van der Waals surface area contributed by atoms with Crippen LogP contribution in [-0.4, -0.2) is 28.5 Å². The van der Waals surface area contributed by atoms with Crippen molar-refractivity contribution in [2.75, 3.05) is 6.54 Å². The number of nitrogens with two attached hydrogens (primary N) is 1. The van der Waals surface area contributed by atoms with Crippen molar-refractivity contribution in [3.63, 3.8) is 0 Å². The monoisotopic (exact) mass is 308 g/mol. The molecule has 1 aromatic rings. The molecule has 1 aromatic heterocycles. The van der Waals surface area contributed by atoms with Gasteiger partial charge in [-0.25, -0.2) is 4.98 Å². The van der Waals surface area contributed by atoms with Crippen LogP contribution in [-0.2, 0) is 0 Å². The second-order valence-corrected chi connectivity index (χ2v) is 4.09. The van der Waals surface area contributed by atoms with Crippen LogP contribution in [0.4, 0.5) is 0 Å². The van der Waals surface area contributed by atoms with E-state index in [2.05, 4.69) is 22.2 Å². The molecule has 1 heterocycles. The lowest BCUT2D eigenvalue weighted by atomic mass is 10.1. The summed E-state index contributed by atoms with van der Waals surface area (Å²) >= 11 is 0. The Balaban J connectivity index is 0. The summed E-state index contributed by atoms with van der Waals surface area (Å²) in [5.74, 6) is -0.205. The number of rotatable bonds is 6. The third-order valence-electron chi connectivity index (χ3n) is 2.54. The highest BCUT2D eigenvalue weighted by molar-refractivity contribution is 5.92. The fraction of sp³-hybridized carbons (Fsp3) is 0.583. The van der Waals surface area contributed by atoms with Gasteiger partial charge in [0.05, 0.1) is 11.9 Å². The fourth-order valence-corrected chi connectivity index (χ4v) is 1.47. The van der Waals surface area contributed by atoms with E-state index in [0.29, 0.717) is 12.2 Å². The molecule has 1 rings (SSSR count). The number of unbranched alkanes of at least 4 members (excludes halogenated alkanes) is 1. The van der Waals surface area contributed by atoms with E-state index in [1.165, 1.54) is 6.20 Å². The number of nitrogens with zero attached hydrogens (tertiary/aromatic N) is 2. The van der Waals surface area contributed by atoms with Gasteiger partial charge >= 0.3 is 0 Å². The molecular weight excluding hydrogens is 287 g/mol. The van der Waals surface area contributed by atoms with Crippen molar-refractivity contribution in [2.24, 2.45) is 5.73 Å². The van der Waals surface area contributed by atoms with Gasteiger partial charge < -0.3 is 11.1 Å². The van der Waals surface area contributed by atoms with E-state index >= 15 is 0 Å². The summed E-state index contributed by atoms with van der Waals surface area (Å²) in [5, 5.41) is 2.87. The first-order chi connectivity index (χ1) is 8.17. The summed E-state index contributed by atoms with van der Waals surface area (Å²) in [4.78, 5) is 19.9. The van der Waals surface area contributed by atoms with E-state index in [0.717, 1.165) is 25.0 Å². The van der Waals surface area contributed by atoms with Gasteiger partial charge in [0.2, 0.25) is 0 Å². The molecular formula is C12H22Cl2N4O. The molecule has 0 aliphatic heterocycles. The zero-order valence-electron chi connectivity index (χ0n) is 11.3. The largest absolute Gasteiger partial charge is 0.347 e. The molecule has 0 spiro atoms. The SMILES string of the molecule is CCCCC(CN)NC(=O)c1cnc(C)cn1.Cl.Cl. The van der Waals surface area contributed by atoms with Crippen LogP contribution in [0.2, 0.25) is 0 Å². The lowest BCUT2D eigenvalue weighted by Gasteiger charge is -2.15. The Kier molecular flexibility index (Phi) is 11.8. The molecule has 0 aliphatic rings. The third kappa shape index (κ3) is 7.30. The lowest BCUT2D eigenvalue weighted by molar-refractivity contribution is 0.0930. The van der Waals surface area contributed by atoms with Crippen LogP contribution in [0.1, 0.15) is 42.4 Å². The van der Waals surface area contributed by atoms with Crippen LogP contribution in [0.5, 0.6) is 0 Å². The first-order valence-electron chi connectivity index (χ1n) is 5.97. The average Bonchev–Trinajstić information content (AvgIpc) is 2.35. The van der Waals surface area contributed by atoms with Crippen molar-refractivity contribution in [2.45, 2.75) is 39.2 Å². The molecule has 0 radical (unpaired) electrons. The molecule has 3 N–H and O–H groups in total. The van der Waals surface area contributed by atoms with Crippen molar-refractivity contribution in [1.82, 2.24) is 15.3 Å². The van der Waals surface area contributed by atoms with E-state index in [1.807, 2.05) is 6.92 Å². The molecule has 0 bridgehead atoms. The van der Waals surface area contributed by atoms with Crippen LogP contribution in [0.25, 0.3) is 0 Å². The second kappa shape index (κ2) is 11.0. The minimum absolute atomic E-state index is 0. The van der Waals surface area contributed by atoms with Gasteiger partial charge in [-0.2, -0.15) is 0 Å². The molecule has 1 unspecified atom stereocenters. The zero-order chi connectivity index (χ0) is 12.7. The van der Waals surface area contributed by atoms with Gasteiger partial charge in [-0.3, -0.25) is 9.78 Å². The standard InChI is InChI=1S/C12H20N4O.2ClH/c1-3-4-5-10(6-13)16-12(17)11-8-14-9(2)7-15-11;;/h7-8,10H,3-6,13H2,1-2H3,(H,16,17);2*1H. The Morgan fingerprint density at radius 3 is 2.53 bits per heavy atom. The number of hydrogen-bond donors (Lipinski definition) is 2. The van der Waals surface area contributed by atoms with E-state index in [4.69, 9.17) is 5.73 Å². The first kappa shape index (κ1) is 20.4. The van der Waals surface area contributed by atoms with Crippen LogP contribution in [0, 0.1) is 6.92 Å². The topological polar surface area (TPSA) is 80.9 Å². The Morgan fingerprint density at radius 1 is 1.37 bits per heavy atom. The minimum atomic E-state index is -0.205. The molecule has 1 atom stereocenters. The second-order valence-electron chi connectivity index (χ2n) is 4.09. The highest BCUT2D eigenvalue weighted by atomic mass is 35.5. The quantitative estimate of drug-likeness (QED) is 0.840. The van der Waals surface area contributed by atoms with Crippen molar-refractivity contribution in [3.05, 3.63) is 23.8 Å². The highest BCUT2D eigenvalue weighted by Gasteiger charge is 2.13. The van der Waals surface area contributed by atoms with Crippen molar-refractivity contribution in [1.29, 1.82) is 0 Å². The molecule has 5 nitrogen and oxygen atoms in total. The smallest absolute Gasteiger partial charge is 0.271 e. The maximum atomic E-state index is 11.8. The lowest BCUT2D eigenvalue weighted by Crippen LogP contribution is -2.40. The van der Waals surface area contributed by atoms with Crippen LogP contribution in [0.3, 0.4) is 0 Å². The molecule has 7 heteroatoms. The minimum Gasteiger partial charge on any atom is -0.347 e. The predicted molar refractivity (Wildman–Crippen MR) is 81.1 cm³/mol. The normalized spacial score (nSPS) is 10.9. The number of amides is 1. The summed E-state index contributed by atoms with van der Waals surface area (Å²) in [6.45, 7) is 4.39. The summed E-state index contributed by atoms with van der Waals surface area (Å²) in [6, 6.07) is 0.0190. The average molecular weight is 309 g/mol. The number of halogens is 2. The highest BCUT2D eigenvalue weighted by Crippen LogP contribution is 2.01. The van der Waals surface area contributed by atoms with E-state index in [1.54, 1.807) is 6.20 Å². The maximum absolute atomic E-state index is 11.8. The maximum Gasteiger partial charge on any atom is 0.271 e. The predicted octanol–water partition coefficient (Wildman–Crippen LogP) is 1.88. The number of aryl methyl sites for hydroxylation is 1. The van der Waals surface area contributed by atoms with Crippen molar-refractivity contribution >= 4 is 30.7 Å². The van der Waals surface area contributed by atoms with Crippen molar-refractivity contribution < 1.29 is 4.79 Å². The molecule has 19 heavy (non-hydrogen) atoms.